The molecule has 0 fully saturated rings. The number of benzene rings is 1. The van der Waals surface area contributed by atoms with Gasteiger partial charge >= 0.3 is 0 Å². The molecule has 1 aromatic rings. The van der Waals surface area contributed by atoms with E-state index >= 15 is 0 Å². The Morgan fingerprint density at radius 3 is 2.56 bits per heavy atom. The van der Waals surface area contributed by atoms with Gasteiger partial charge in [0.25, 0.3) is 0 Å². The quantitative estimate of drug-likeness (QED) is 0.769. The molecule has 3 nitrogen and oxygen atoms in total. The van der Waals surface area contributed by atoms with Crippen LogP contribution in [0.4, 0.5) is 0 Å². The zero-order valence-electron chi connectivity index (χ0n) is 9.69. The first-order chi connectivity index (χ1) is 7.67. The van der Waals surface area contributed by atoms with Crippen molar-refractivity contribution in [3.05, 3.63) is 29.8 Å². The van der Waals surface area contributed by atoms with Gasteiger partial charge in [0.15, 0.2) is 0 Å². The third-order valence-corrected chi connectivity index (χ3v) is 3.30. The predicted octanol–water partition coefficient (Wildman–Crippen LogP) is 1.76. The lowest BCUT2D eigenvalue weighted by molar-refractivity contribution is -0.120. The molecule has 0 saturated carbocycles. The molecule has 1 aromatic carbocycles. The minimum Gasteiger partial charge on any atom is -0.355 e. The highest BCUT2D eigenvalue weighted by Crippen LogP contribution is 2.23. The van der Waals surface area contributed by atoms with Crippen LogP contribution in [0.3, 0.4) is 0 Å². The first kappa shape index (κ1) is 13.1. The monoisotopic (exact) mass is 238 g/mol. The van der Waals surface area contributed by atoms with E-state index in [9.17, 15) is 4.79 Å². The summed E-state index contributed by atoms with van der Waals surface area (Å²) >= 11 is 1.56. The number of amides is 1. The Morgan fingerprint density at radius 2 is 2.06 bits per heavy atom. The van der Waals surface area contributed by atoms with Crippen LogP contribution in [0.1, 0.15) is 19.4 Å². The van der Waals surface area contributed by atoms with E-state index in [2.05, 4.69) is 5.32 Å². The van der Waals surface area contributed by atoms with Crippen molar-refractivity contribution in [2.24, 2.45) is 5.73 Å². The third-order valence-electron chi connectivity index (χ3n) is 2.19. The van der Waals surface area contributed by atoms with E-state index in [4.69, 9.17) is 5.73 Å². The van der Waals surface area contributed by atoms with Crippen molar-refractivity contribution in [1.82, 2.24) is 5.32 Å². The maximum Gasteiger partial charge on any atom is 0.233 e. The Kier molecular flexibility index (Phi) is 5.35. The smallest absolute Gasteiger partial charge is 0.233 e. The van der Waals surface area contributed by atoms with E-state index in [1.165, 1.54) is 0 Å². The summed E-state index contributed by atoms with van der Waals surface area (Å²) in [6.07, 6.45) is 0. The molecule has 0 aliphatic heterocycles. The van der Waals surface area contributed by atoms with Crippen molar-refractivity contribution in [3.8, 4) is 0 Å². The summed E-state index contributed by atoms with van der Waals surface area (Å²) < 4.78 is 0. The summed E-state index contributed by atoms with van der Waals surface area (Å²) in [6.45, 7) is 5.06. The van der Waals surface area contributed by atoms with Crippen molar-refractivity contribution in [2.45, 2.75) is 30.5 Å². The molecule has 1 atom stereocenters. The highest BCUT2D eigenvalue weighted by molar-refractivity contribution is 8.00. The van der Waals surface area contributed by atoms with Crippen LogP contribution >= 0.6 is 11.8 Å². The maximum absolute atomic E-state index is 11.5. The van der Waals surface area contributed by atoms with Crippen LogP contribution in [-0.2, 0) is 11.3 Å². The lowest BCUT2D eigenvalue weighted by Gasteiger charge is -2.10. The number of rotatable bonds is 5. The Balaban J connectivity index is 2.55. The molecule has 0 aromatic heterocycles. The minimum absolute atomic E-state index is 0.0660. The standard InChI is InChI=1S/C12H18N2OS/c1-3-14-12(15)9(2)16-11-6-4-10(8-13)5-7-11/h4-7,9H,3,8,13H2,1-2H3,(H,14,15). The van der Waals surface area contributed by atoms with Gasteiger partial charge in [-0.3, -0.25) is 4.79 Å². The van der Waals surface area contributed by atoms with Gasteiger partial charge in [-0.15, -0.1) is 11.8 Å². The fourth-order valence-electron chi connectivity index (χ4n) is 1.28. The van der Waals surface area contributed by atoms with Crippen LogP contribution in [0.15, 0.2) is 29.2 Å². The number of hydrogen-bond acceptors (Lipinski definition) is 3. The van der Waals surface area contributed by atoms with E-state index in [1.807, 2.05) is 38.1 Å². The molecule has 3 N–H and O–H groups in total. The molecule has 0 radical (unpaired) electrons. The average molecular weight is 238 g/mol. The first-order valence-electron chi connectivity index (χ1n) is 5.40. The molecule has 4 heteroatoms. The summed E-state index contributed by atoms with van der Waals surface area (Å²) in [7, 11) is 0. The average Bonchev–Trinajstić information content (AvgIpc) is 2.30. The second kappa shape index (κ2) is 6.55. The summed E-state index contributed by atoms with van der Waals surface area (Å²) in [5, 5.41) is 2.74. The SMILES string of the molecule is CCNC(=O)C(C)Sc1ccc(CN)cc1. The lowest BCUT2D eigenvalue weighted by Crippen LogP contribution is -2.30. The summed E-state index contributed by atoms with van der Waals surface area (Å²) in [5.41, 5.74) is 6.62. The van der Waals surface area contributed by atoms with Crippen LogP contribution in [0.5, 0.6) is 0 Å². The number of nitrogens with one attached hydrogen (secondary N) is 1. The molecular weight excluding hydrogens is 220 g/mol. The second-order valence-corrected chi connectivity index (χ2v) is 4.92. The van der Waals surface area contributed by atoms with Crippen LogP contribution in [0, 0.1) is 0 Å². The van der Waals surface area contributed by atoms with Crippen LogP contribution in [-0.4, -0.2) is 17.7 Å². The zero-order valence-corrected chi connectivity index (χ0v) is 10.5. The zero-order chi connectivity index (χ0) is 12.0. The largest absolute Gasteiger partial charge is 0.355 e. The highest BCUT2D eigenvalue weighted by atomic mass is 32.2. The van der Waals surface area contributed by atoms with E-state index < -0.39 is 0 Å². The van der Waals surface area contributed by atoms with Crippen molar-refractivity contribution in [2.75, 3.05) is 6.54 Å². The lowest BCUT2D eigenvalue weighted by atomic mass is 10.2. The Hall–Kier alpha value is -1.00. The van der Waals surface area contributed by atoms with E-state index in [1.54, 1.807) is 11.8 Å². The number of carbonyl (C=O) groups is 1. The van der Waals surface area contributed by atoms with E-state index in [-0.39, 0.29) is 11.2 Å². The van der Waals surface area contributed by atoms with Gasteiger partial charge in [0.1, 0.15) is 0 Å². The molecule has 1 unspecified atom stereocenters. The van der Waals surface area contributed by atoms with E-state index in [0.29, 0.717) is 13.1 Å². The summed E-state index contributed by atoms with van der Waals surface area (Å²) in [5.74, 6) is 0.0791. The minimum atomic E-state index is -0.0660. The molecule has 0 aliphatic carbocycles. The molecule has 0 heterocycles. The molecule has 1 rings (SSSR count). The summed E-state index contributed by atoms with van der Waals surface area (Å²) in [6, 6.07) is 7.99. The van der Waals surface area contributed by atoms with Gasteiger partial charge in [-0.2, -0.15) is 0 Å². The van der Waals surface area contributed by atoms with Gasteiger partial charge in [-0.25, -0.2) is 0 Å². The van der Waals surface area contributed by atoms with Gasteiger partial charge in [0, 0.05) is 18.0 Å². The first-order valence-corrected chi connectivity index (χ1v) is 6.28. The van der Waals surface area contributed by atoms with Crippen LogP contribution in [0.25, 0.3) is 0 Å². The normalized spacial score (nSPS) is 12.2. The van der Waals surface area contributed by atoms with Crippen LogP contribution < -0.4 is 11.1 Å². The molecule has 0 bridgehead atoms. The maximum atomic E-state index is 11.5. The number of thioether (sulfide) groups is 1. The van der Waals surface area contributed by atoms with Crippen molar-refractivity contribution >= 4 is 17.7 Å². The fraction of sp³-hybridized carbons (Fsp3) is 0.417. The molecule has 16 heavy (non-hydrogen) atoms. The Bertz CT molecular complexity index is 337. The second-order valence-electron chi connectivity index (χ2n) is 3.50. The van der Waals surface area contributed by atoms with Crippen LogP contribution in [0.2, 0.25) is 0 Å². The molecule has 1 amide bonds. The fourth-order valence-corrected chi connectivity index (χ4v) is 2.17. The molecule has 0 aliphatic rings. The molecular formula is C12H18N2OS. The summed E-state index contributed by atoms with van der Waals surface area (Å²) in [4.78, 5) is 12.6. The Morgan fingerprint density at radius 1 is 1.44 bits per heavy atom. The number of nitrogens with two attached hydrogens (primary N) is 1. The van der Waals surface area contributed by atoms with Gasteiger partial charge in [-0.1, -0.05) is 12.1 Å². The van der Waals surface area contributed by atoms with Gasteiger partial charge in [0.05, 0.1) is 5.25 Å². The Labute approximate surface area is 101 Å². The van der Waals surface area contributed by atoms with E-state index in [0.717, 1.165) is 10.5 Å². The van der Waals surface area contributed by atoms with Gasteiger partial charge in [-0.05, 0) is 31.5 Å². The predicted molar refractivity (Wildman–Crippen MR) is 68.3 cm³/mol. The highest BCUT2D eigenvalue weighted by Gasteiger charge is 2.12. The molecule has 88 valence electrons. The topological polar surface area (TPSA) is 55.1 Å². The van der Waals surface area contributed by atoms with Gasteiger partial charge < -0.3 is 11.1 Å². The van der Waals surface area contributed by atoms with Gasteiger partial charge in [0.2, 0.25) is 5.91 Å². The van der Waals surface area contributed by atoms with Crippen molar-refractivity contribution < 1.29 is 4.79 Å². The number of carbonyl (C=O) groups excluding carboxylic acids is 1. The molecule has 0 saturated heterocycles. The molecule has 0 spiro atoms. The number of hydrogen-bond donors (Lipinski definition) is 2. The van der Waals surface area contributed by atoms with Crippen molar-refractivity contribution in [1.29, 1.82) is 0 Å². The van der Waals surface area contributed by atoms with Crippen molar-refractivity contribution in [3.63, 3.8) is 0 Å². The third kappa shape index (κ3) is 3.87.